The first kappa shape index (κ1) is 10.8. The van der Waals surface area contributed by atoms with Crippen molar-refractivity contribution in [3.8, 4) is 5.75 Å². The smallest absolute Gasteiger partial charge is 0.146 e. The minimum Gasteiger partial charge on any atom is -0.485 e. The summed E-state index contributed by atoms with van der Waals surface area (Å²) in [5.74, 6) is 2.73. The summed E-state index contributed by atoms with van der Waals surface area (Å²) in [7, 11) is 0. The summed E-state index contributed by atoms with van der Waals surface area (Å²) in [5.41, 5.74) is 2.31. The minimum atomic E-state index is 0.486. The van der Waals surface area contributed by atoms with Crippen LogP contribution < -0.4 is 4.74 Å². The fraction of sp³-hybridized carbons (Fsp3) is 0.286. The van der Waals surface area contributed by atoms with Gasteiger partial charge in [0.25, 0.3) is 0 Å². The number of rotatable bonds is 3. The second-order valence-corrected chi connectivity index (χ2v) is 4.02. The number of furan rings is 1. The second kappa shape index (κ2) is 4.44. The molecule has 2 aromatic rings. The lowest BCUT2D eigenvalue weighted by Gasteiger charge is -2.10. The molecule has 0 atom stereocenters. The summed E-state index contributed by atoms with van der Waals surface area (Å²) in [5, 5.41) is 0. The molecule has 1 heterocycles. The van der Waals surface area contributed by atoms with Crippen LogP contribution in [0.4, 0.5) is 0 Å². The Labute approximate surface area is 95.9 Å². The van der Waals surface area contributed by atoms with Gasteiger partial charge in [-0.2, -0.15) is 0 Å². The molecule has 2 heteroatoms. The molecule has 0 unspecified atom stereocenters. The molecule has 0 saturated carbocycles. The molecule has 16 heavy (non-hydrogen) atoms. The van der Waals surface area contributed by atoms with Gasteiger partial charge in [-0.25, -0.2) is 0 Å². The highest BCUT2D eigenvalue weighted by Gasteiger charge is 2.05. The minimum absolute atomic E-state index is 0.486. The van der Waals surface area contributed by atoms with Crippen LogP contribution in [0.1, 0.15) is 22.6 Å². The van der Waals surface area contributed by atoms with Gasteiger partial charge in [0.05, 0.1) is 0 Å². The topological polar surface area (TPSA) is 22.4 Å². The van der Waals surface area contributed by atoms with Crippen molar-refractivity contribution in [2.24, 2.45) is 0 Å². The molecule has 0 saturated heterocycles. The summed E-state index contributed by atoms with van der Waals surface area (Å²) in [4.78, 5) is 0. The lowest BCUT2D eigenvalue weighted by Crippen LogP contribution is -1.97. The Bertz CT molecular complexity index is 463. The first-order valence-electron chi connectivity index (χ1n) is 5.41. The highest BCUT2D eigenvalue weighted by Crippen LogP contribution is 2.23. The Morgan fingerprint density at radius 2 is 1.69 bits per heavy atom. The van der Waals surface area contributed by atoms with Crippen LogP contribution in [-0.2, 0) is 6.61 Å². The Kier molecular flexibility index (Phi) is 3.00. The molecule has 1 aromatic heterocycles. The normalized spacial score (nSPS) is 10.4. The molecule has 84 valence electrons. The van der Waals surface area contributed by atoms with Gasteiger partial charge >= 0.3 is 0 Å². The monoisotopic (exact) mass is 216 g/mol. The van der Waals surface area contributed by atoms with Gasteiger partial charge < -0.3 is 9.15 Å². The van der Waals surface area contributed by atoms with E-state index in [9.17, 15) is 0 Å². The van der Waals surface area contributed by atoms with Crippen molar-refractivity contribution in [1.82, 2.24) is 0 Å². The highest BCUT2D eigenvalue weighted by atomic mass is 16.5. The third-order valence-corrected chi connectivity index (χ3v) is 2.56. The van der Waals surface area contributed by atoms with Crippen LogP contribution in [0.15, 0.2) is 34.7 Å². The van der Waals surface area contributed by atoms with Crippen LogP contribution >= 0.6 is 0 Å². The largest absolute Gasteiger partial charge is 0.485 e. The van der Waals surface area contributed by atoms with Crippen molar-refractivity contribution in [3.05, 3.63) is 53.0 Å². The van der Waals surface area contributed by atoms with E-state index in [4.69, 9.17) is 9.15 Å². The van der Waals surface area contributed by atoms with Crippen LogP contribution in [-0.4, -0.2) is 0 Å². The Morgan fingerprint density at radius 3 is 2.25 bits per heavy atom. The zero-order valence-electron chi connectivity index (χ0n) is 9.91. The number of para-hydroxylation sites is 1. The van der Waals surface area contributed by atoms with E-state index < -0.39 is 0 Å². The van der Waals surface area contributed by atoms with Gasteiger partial charge in [-0.05, 0) is 44.0 Å². The van der Waals surface area contributed by atoms with Crippen molar-refractivity contribution in [1.29, 1.82) is 0 Å². The second-order valence-electron chi connectivity index (χ2n) is 4.02. The third kappa shape index (κ3) is 2.27. The molecule has 0 aliphatic heterocycles. The Morgan fingerprint density at radius 1 is 1.00 bits per heavy atom. The van der Waals surface area contributed by atoms with E-state index in [0.29, 0.717) is 6.61 Å². The maximum absolute atomic E-state index is 5.77. The predicted molar refractivity (Wildman–Crippen MR) is 63.7 cm³/mol. The quantitative estimate of drug-likeness (QED) is 0.779. The van der Waals surface area contributed by atoms with E-state index in [0.717, 1.165) is 28.4 Å². The molecule has 0 aliphatic rings. The van der Waals surface area contributed by atoms with Gasteiger partial charge in [0.2, 0.25) is 0 Å². The lowest BCUT2D eigenvalue weighted by molar-refractivity contribution is 0.264. The van der Waals surface area contributed by atoms with Crippen LogP contribution in [0, 0.1) is 20.8 Å². The van der Waals surface area contributed by atoms with Crippen molar-refractivity contribution in [2.75, 3.05) is 0 Å². The van der Waals surface area contributed by atoms with E-state index >= 15 is 0 Å². The molecular weight excluding hydrogens is 200 g/mol. The molecule has 0 amide bonds. The molecule has 2 rings (SSSR count). The molecule has 1 aromatic carbocycles. The SMILES string of the molecule is Cc1ccc(COc2c(C)cccc2C)o1. The summed E-state index contributed by atoms with van der Waals surface area (Å²) in [6, 6.07) is 10.0. The standard InChI is InChI=1S/C14H16O2/c1-10-5-4-6-11(2)14(10)15-9-13-8-7-12(3)16-13/h4-8H,9H2,1-3H3. The van der Waals surface area contributed by atoms with Crippen molar-refractivity contribution in [3.63, 3.8) is 0 Å². The van der Waals surface area contributed by atoms with E-state index in [1.807, 2.05) is 25.1 Å². The number of hydrogen-bond acceptors (Lipinski definition) is 2. The molecule has 2 nitrogen and oxygen atoms in total. The van der Waals surface area contributed by atoms with Crippen molar-refractivity contribution < 1.29 is 9.15 Å². The third-order valence-electron chi connectivity index (χ3n) is 2.56. The fourth-order valence-corrected chi connectivity index (χ4v) is 1.73. The van der Waals surface area contributed by atoms with Gasteiger partial charge in [0.15, 0.2) is 0 Å². The lowest BCUT2D eigenvalue weighted by atomic mass is 10.1. The first-order valence-corrected chi connectivity index (χ1v) is 5.41. The van der Waals surface area contributed by atoms with Gasteiger partial charge in [0.1, 0.15) is 23.9 Å². The number of benzene rings is 1. The summed E-state index contributed by atoms with van der Waals surface area (Å²) < 4.78 is 11.2. The molecule has 0 bridgehead atoms. The maximum atomic E-state index is 5.77. The van der Waals surface area contributed by atoms with Gasteiger partial charge in [-0.3, -0.25) is 0 Å². The zero-order chi connectivity index (χ0) is 11.5. The maximum Gasteiger partial charge on any atom is 0.146 e. The van der Waals surface area contributed by atoms with Gasteiger partial charge in [-0.15, -0.1) is 0 Å². The van der Waals surface area contributed by atoms with E-state index in [1.54, 1.807) is 0 Å². The van der Waals surface area contributed by atoms with E-state index in [2.05, 4.69) is 26.0 Å². The Hall–Kier alpha value is -1.70. The number of aryl methyl sites for hydroxylation is 3. The first-order chi connectivity index (χ1) is 7.66. The predicted octanol–water partition coefficient (Wildman–Crippen LogP) is 3.78. The van der Waals surface area contributed by atoms with Crippen LogP contribution in [0.25, 0.3) is 0 Å². The van der Waals surface area contributed by atoms with Gasteiger partial charge in [0, 0.05) is 0 Å². The fourth-order valence-electron chi connectivity index (χ4n) is 1.73. The summed E-state index contributed by atoms with van der Waals surface area (Å²) >= 11 is 0. The molecule has 0 fully saturated rings. The summed E-state index contributed by atoms with van der Waals surface area (Å²) in [6.07, 6.45) is 0. The molecule has 0 aliphatic carbocycles. The average Bonchev–Trinajstić information content (AvgIpc) is 2.63. The van der Waals surface area contributed by atoms with Crippen molar-refractivity contribution in [2.45, 2.75) is 27.4 Å². The average molecular weight is 216 g/mol. The van der Waals surface area contributed by atoms with E-state index in [1.165, 1.54) is 0 Å². The number of ether oxygens (including phenoxy) is 1. The number of hydrogen-bond donors (Lipinski definition) is 0. The molecule has 0 radical (unpaired) electrons. The zero-order valence-corrected chi connectivity index (χ0v) is 9.91. The molecule has 0 spiro atoms. The molecule has 0 N–H and O–H groups in total. The van der Waals surface area contributed by atoms with Crippen LogP contribution in [0.3, 0.4) is 0 Å². The Balaban J connectivity index is 2.10. The summed E-state index contributed by atoms with van der Waals surface area (Å²) in [6.45, 7) is 6.52. The molecular formula is C14H16O2. The van der Waals surface area contributed by atoms with Crippen LogP contribution in [0.2, 0.25) is 0 Å². The van der Waals surface area contributed by atoms with Gasteiger partial charge in [-0.1, -0.05) is 18.2 Å². The van der Waals surface area contributed by atoms with Crippen LogP contribution in [0.5, 0.6) is 5.75 Å². The van der Waals surface area contributed by atoms with E-state index in [-0.39, 0.29) is 0 Å². The van der Waals surface area contributed by atoms with Crippen molar-refractivity contribution >= 4 is 0 Å². The highest BCUT2D eigenvalue weighted by molar-refractivity contribution is 5.39.